The molecule has 0 bridgehead atoms. The fraction of sp³-hybridized carbons (Fsp3) is 0.500. The Labute approximate surface area is 101 Å². The molecule has 0 aromatic carbocycles. The van der Waals surface area contributed by atoms with Gasteiger partial charge in [-0.2, -0.15) is 5.10 Å². The van der Waals surface area contributed by atoms with Gasteiger partial charge in [-0.1, -0.05) is 6.92 Å². The van der Waals surface area contributed by atoms with Gasteiger partial charge < -0.3 is 10.3 Å². The summed E-state index contributed by atoms with van der Waals surface area (Å²) in [5, 5.41) is 4.31. The molecule has 2 heterocycles. The molecule has 0 spiro atoms. The molecule has 0 radical (unpaired) electrons. The number of nitrogens with two attached hydrogens (primary N) is 1. The molecule has 0 aliphatic carbocycles. The number of hydrogen-bond acceptors (Lipinski definition) is 3. The minimum Gasteiger partial charge on any atom is -0.338 e. The fourth-order valence-corrected chi connectivity index (χ4v) is 1.78. The first kappa shape index (κ1) is 11.9. The Kier molecular flexibility index (Phi) is 3.58. The highest BCUT2D eigenvalue weighted by atomic mass is 15.3. The Morgan fingerprint density at radius 3 is 2.94 bits per heavy atom. The molecular weight excluding hydrogens is 214 g/mol. The van der Waals surface area contributed by atoms with Gasteiger partial charge in [0, 0.05) is 50.2 Å². The number of nitrogens with zero attached hydrogens (tertiary/aromatic N) is 4. The molecule has 1 atom stereocenters. The van der Waals surface area contributed by atoms with Gasteiger partial charge in [-0.05, 0) is 6.42 Å². The van der Waals surface area contributed by atoms with Crippen LogP contribution in [0.25, 0.3) is 0 Å². The van der Waals surface area contributed by atoms with Gasteiger partial charge in [0.1, 0.15) is 5.82 Å². The molecule has 0 saturated carbocycles. The van der Waals surface area contributed by atoms with E-state index in [0.717, 1.165) is 30.8 Å². The van der Waals surface area contributed by atoms with Gasteiger partial charge in [0.15, 0.2) is 0 Å². The number of aromatic nitrogens is 4. The van der Waals surface area contributed by atoms with Gasteiger partial charge in [-0.15, -0.1) is 0 Å². The van der Waals surface area contributed by atoms with E-state index in [2.05, 4.69) is 17.0 Å². The van der Waals surface area contributed by atoms with Crippen molar-refractivity contribution >= 4 is 0 Å². The Bertz CT molecular complexity index is 471. The van der Waals surface area contributed by atoms with Crippen molar-refractivity contribution < 1.29 is 0 Å². The second-order valence-electron chi connectivity index (χ2n) is 4.26. The molecule has 0 aliphatic heterocycles. The summed E-state index contributed by atoms with van der Waals surface area (Å²) in [6.07, 6.45) is 9.47. The second kappa shape index (κ2) is 5.14. The predicted octanol–water partition coefficient (Wildman–Crippen LogP) is 1.27. The van der Waals surface area contributed by atoms with Crippen molar-refractivity contribution in [3.8, 4) is 0 Å². The topological polar surface area (TPSA) is 61.7 Å². The molecule has 2 aromatic heterocycles. The zero-order valence-corrected chi connectivity index (χ0v) is 10.4. The lowest BCUT2D eigenvalue weighted by Crippen LogP contribution is -2.08. The lowest BCUT2D eigenvalue weighted by Gasteiger charge is -2.04. The summed E-state index contributed by atoms with van der Waals surface area (Å²) < 4.78 is 3.96. The number of hydrogen-bond donors (Lipinski definition) is 1. The number of imidazole rings is 1. The Balaban J connectivity index is 1.96. The molecule has 17 heavy (non-hydrogen) atoms. The third-order valence-electron chi connectivity index (χ3n) is 3.01. The van der Waals surface area contributed by atoms with Crippen LogP contribution >= 0.6 is 0 Å². The van der Waals surface area contributed by atoms with Crippen LogP contribution < -0.4 is 5.73 Å². The first-order valence-corrected chi connectivity index (χ1v) is 5.95. The van der Waals surface area contributed by atoms with E-state index in [-0.39, 0.29) is 6.04 Å². The molecule has 0 fully saturated rings. The van der Waals surface area contributed by atoms with E-state index in [1.807, 2.05) is 41.1 Å². The van der Waals surface area contributed by atoms with Gasteiger partial charge in [-0.25, -0.2) is 4.98 Å². The second-order valence-corrected chi connectivity index (χ2v) is 4.26. The van der Waals surface area contributed by atoms with Crippen LogP contribution in [0.3, 0.4) is 0 Å². The van der Waals surface area contributed by atoms with Gasteiger partial charge in [0.05, 0.1) is 6.20 Å². The standard InChI is InChI=1S/C12H19N5/c1-3-11(13)10-8-15-17(9-10)6-4-12-14-5-7-16(12)2/h5,7-9,11H,3-4,6,13H2,1-2H3. The van der Waals surface area contributed by atoms with Crippen LogP contribution in [-0.2, 0) is 20.0 Å². The summed E-state index contributed by atoms with van der Waals surface area (Å²) in [7, 11) is 2.00. The largest absolute Gasteiger partial charge is 0.338 e. The molecule has 0 saturated heterocycles. The van der Waals surface area contributed by atoms with E-state index >= 15 is 0 Å². The Morgan fingerprint density at radius 2 is 2.29 bits per heavy atom. The Hall–Kier alpha value is -1.62. The maximum absolute atomic E-state index is 5.95. The summed E-state index contributed by atoms with van der Waals surface area (Å²) in [5.41, 5.74) is 7.06. The molecule has 0 aliphatic rings. The number of aryl methyl sites for hydroxylation is 3. The summed E-state index contributed by atoms with van der Waals surface area (Å²) in [6, 6.07) is 0.0944. The van der Waals surface area contributed by atoms with E-state index < -0.39 is 0 Å². The highest BCUT2D eigenvalue weighted by Crippen LogP contribution is 2.12. The van der Waals surface area contributed by atoms with E-state index in [4.69, 9.17) is 5.73 Å². The van der Waals surface area contributed by atoms with Gasteiger partial charge in [0.25, 0.3) is 0 Å². The maximum atomic E-state index is 5.95. The molecular formula is C12H19N5. The van der Waals surface area contributed by atoms with E-state index in [0.29, 0.717) is 0 Å². The van der Waals surface area contributed by atoms with Gasteiger partial charge in [0.2, 0.25) is 0 Å². The highest BCUT2D eigenvalue weighted by molar-refractivity contribution is 5.09. The minimum atomic E-state index is 0.0944. The molecule has 1 unspecified atom stereocenters. The van der Waals surface area contributed by atoms with Crippen LogP contribution in [-0.4, -0.2) is 19.3 Å². The summed E-state index contributed by atoms with van der Waals surface area (Å²) in [6.45, 7) is 2.91. The van der Waals surface area contributed by atoms with E-state index in [9.17, 15) is 0 Å². The van der Waals surface area contributed by atoms with Crippen LogP contribution in [0.15, 0.2) is 24.8 Å². The summed E-state index contributed by atoms with van der Waals surface area (Å²) in [5.74, 6) is 1.07. The summed E-state index contributed by atoms with van der Waals surface area (Å²) >= 11 is 0. The van der Waals surface area contributed by atoms with Crippen LogP contribution in [0.2, 0.25) is 0 Å². The van der Waals surface area contributed by atoms with Gasteiger partial charge >= 0.3 is 0 Å². The van der Waals surface area contributed by atoms with E-state index in [1.54, 1.807) is 0 Å². The molecule has 5 nitrogen and oxygen atoms in total. The molecule has 2 N–H and O–H groups in total. The lowest BCUT2D eigenvalue weighted by atomic mass is 10.1. The number of rotatable bonds is 5. The Morgan fingerprint density at radius 1 is 1.47 bits per heavy atom. The zero-order valence-electron chi connectivity index (χ0n) is 10.4. The van der Waals surface area contributed by atoms with Gasteiger partial charge in [-0.3, -0.25) is 4.68 Å². The maximum Gasteiger partial charge on any atom is 0.110 e. The molecule has 2 aromatic rings. The first-order chi connectivity index (χ1) is 8.20. The monoisotopic (exact) mass is 233 g/mol. The molecule has 2 rings (SSSR count). The smallest absolute Gasteiger partial charge is 0.110 e. The van der Waals surface area contributed by atoms with Crippen molar-refractivity contribution in [1.82, 2.24) is 19.3 Å². The van der Waals surface area contributed by atoms with Crippen molar-refractivity contribution in [3.63, 3.8) is 0 Å². The normalized spacial score (nSPS) is 12.9. The lowest BCUT2D eigenvalue weighted by molar-refractivity contribution is 0.587. The predicted molar refractivity (Wildman–Crippen MR) is 66.4 cm³/mol. The molecule has 92 valence electrons. The van der Waals surface area contributed by atoms with Crippen LogP contribution in [0, 0.1) is 0 Å². The van der Waals surface area contributed by atoms with E-state index in [1.165, 1.54) is 0 Å². The summed E-state index contributed by atoms with van der Waals surface area (Å²) in [4.78, 5) is 4.29. The molecule has 5 heteroatoms. The molecule has 0 amide bonds. The van der Waals surface area contributed by atoms with Crippen LogP contribution in [0.1, 0.15) is 30.8 Å². The van der Waals surface area contributed by atoms with Crippen molar-refractivity contribution in [2.24, 2.45) is 12.8 Å². The highest BCUT2D eigenvalue weighted by Gasteiger charge is 2.06. The SMILES string of the molecule is CCC(N)c1cnn(CCc2nccn2C)c1. The third-order valence-corrected chi connectivity index (χ3v) is 3.01. The third kappa shape index (κ3) is 2.74. The fourth-order valence-electron chi connectivity index (χ4n) is 1.78. The quantitative estimate of drug-likeness (QED) is 0.846. The van der Waals surface area contributed by atoms with Crippen LogP contribution in [0.4, 0.5) is 0 Å². The van der Waals surface area contributed by atoms with Crippen molar-refractivity contribution in [3.05, 3.63) is 36.2 Å². The zero-order chi connectivity index (χ0) is 12.3. The van der Waals surface area contributed by atoms with Crippen molar-refractivity contribution in [1.29, 1.82) is 0 Å². The first-order valence-electron chi connectivity index (χ1n) is 5.95. The average Bonchev–Trinajstić information content (AvgIpc) is 2.94. The van der Waals surface area contributed by atoms with Crippen molar-refractivity contribution in [2.75, 3.05) is 0 Å². The van der Waals surface area contributed by atoms with Crippen LogP contribution in [0.5, 0.6) is 0 Å². The minimum absolute atomic E-state index is 0.0944. The average molecular weight is 233 g/mol. The van der Waals surface area contributed by atoms with Crippen molar-refractivity contribution in [2.45, 2.75) is 32.4 Å².